The molecule has 1 aromatic rings. The summed E-state index contributed by atoms with van der Waals surface area (Å²) in [5, 5.41) is 0. The number of methoxy groups -OCH3 is 1. The summed E-state index contributed by atoms with van der Waals surface area (Å²) in [6.07, 6.45) is 0. The van der Waals surface area contributed by atoms with Crippen LogP contribution in [0.2, 0.25) is 0 Å². The first-order chi connectivity index (χ1) is 7.15. The summed E-state index contributed by atoms with van der Waals surface area (Å²) in [5.74, 6) is 0.761. The fraction of sp³-hybridized carbons (Fsp3) is 0.364. The number of hydrogen-bond donors (Lipinski definition) is 1. The van der Waals surface area contributed by atoms with Crippen LogP contribution in [0.15, 0.2) is 24.3 Å². The summed E-state index contributed by atoms with van der Waals surface area (Å²) < 4.78 is 5.05. The molecule has 0 spiro atoms. The number of carbonyl (C=O) groups excluding carboxylic acids is 1. The second-order valence-electron chi connectivity index (χ2n) is 3.67. The van der Waals surface area contributed by atoms with E-state index in [0.717, 1.165) is 11.4 Å². The molecule has 1 saturated heterocycles. The van der Waals surface area contributed by atoms with Crippen molar-refractivity contribution in [3.8, 4) is 5.75 Å². The largest absolute Gasteiger partial charge is 0.497 e. The van der Waals surface area contributed by atoms with Gasteiger partial charge >= 0.3 is 0 Å². The molecule has 15 heavy (non-hydrogen) atoms. The molecule has 1 aromatic carbocycles. The van der Waals surface area contributed by atoms with Crippen molar-refractivity contribution in [1.82, 2.24) is 0 Å². The molecule has 0 radical (unpaired) electrons. The summed E-state index contributed by atoms with van der Waals surface area (Å²) in [6.45, 7) is 1.94. The molecule has 1 fully saturated rings. The molecular weight excluding hydrogens is 192 g/mol. The molecule has 2 rings (SSSR count). The maximum absolute atomic E-state index is 11.5. The third kappa shape index (κ3) is 1.47. The molecule has 2 N–H and O–H groups in total. The molecule has 4 heteroatoms. The number of benzene rings is 1. The van der Waals surface area contributed by atoms with Gasteiger partial charge in [-0.2, -0.15) is 0 Å². The lowest BCUT2D eigenvalue weighted by Crippen LogP contribution is -2.67. The Bertz CT molecular complexity index is 375. The summed E-state index contributed by atoms with van der Waals surface area (Å²) in [7, 11) is 1.61. The predicted molar refractivity (Wildman–Crippen MR) is 57.9 cm³/mol. The van der Waals surface area contributed by atoms with E-state index in [9.17, 15) is 4.79 Å². The Morgan fingerprint density at radius 2 is 1.93 bits per heavy atom. The number of β-lactam (4-membered cyclic amide) rings is 1. The number of carbonyl (C=O) groups is 1. The Labute approximate surface area is 88.6 Å². The van der Waals surface area contributed by atoms with Gasteiger partial charge in [-0.1, -0.05) is 0 Å². The number of rotatable bonds is 2. The highest BCUT2D eigenvalue weighted by Crippen LogP contribution is 2.28. The predicted octanol–water partition coefficient (Wildman–Crippen LogP) is 0.758. The maximum atomic E-state index is 11.5. The van der Waals surface area contributed by atoms with E-state index in [1.807, 2.05) is 31.2 Å². The number of nitrogens with two attached hydrogens (primary N) is 1. The molecule has 0 saturated carbocycles. The fourth-order valence-corrected chi connectivity index (χ4v) is 1.75. The molecule has 1 aliphatic heterocycles. The van der Waals surface area contributed by atoms with Gasteiger partial charge in [-0.3, -0.25) is 4.79 Å². The van der Waals surface area contributed by atoms with Gasteiger partial charge < -0.3 is 15.4 Å². The minimum absolute atomic E-state index is 0.0207. The third-order valence-corrected chi connectivity index (χ3v) is 2.80. The molecule has 0 aromatic heterocycles. The van der Waals surface area contributed by atoms with Crippen LogP contribution < -0.4 is 15.4 Å². The minimum atomic E-state index is -0.355. The highest BCUT2D eigenvalue weighted by atomic mass is 16.5. The maximum Gasteiger partial charge on any atom is 0.246 e. The van der Waals surface area contributed by atoms with Crippen molar-refractivity contribution in [3.05, 3.63) is 24.3 Å². The number of amides is 1. The van der Waals surface area contributed by atoms with E-state index < -0.39 is 0 Å². The lowest BCUT2D eigenvalue weighted by Gasteiger charge is -2.43. The standard InChI is InChI=1S/C11H14N2O2/c1-7-10(12)11(14)13(7)8-3-5-9(15-2)6-4-8/h3-7,10H,12H2,1-2H3/t7-,10+/m0/s1. The van der Waals surface area contributed by atoms with Gasteiger partial charge in [0, 0.05) is 5.69 Å². The highest BCUT2D eigenvalue weighted by molar-refractivity contribution is 6.05. The number of hydrogen-bond acceptors (Lipinski definition) is 3. The zero-order chi connectivity index (χ0) is 11.0. The zero-order valence-electron chi connectivity index (χ0n) is 8.81. The van der Waals surface area contributed by atoms with E-state index in [2.05, 4.69) is 0 Å². The van der Waals surface area contributed by atoms with Gasteiger partial charge in [0.2, 0.25) is 5.91 Å². The monoisotopic (exact) mass is 206 g/mol. The van der Waals surface area contributed by atoms with Crippen molar-refractivity contribution in [2.75, 3.05) is 12.0 Å². The summed E-state index contributed by atoms with van der Waals surface area (Å²) in [4.78, 5) is 13.2. The first-order valence-corrected chi connectivity index (χ1v) is 4.88. The second-order valence-corrected chi connectivity index (χ2v) is 3.67. The van der Waals surface area contributed by atoms with Crippen LogP contribution in [0.25, 0.3) is 0 Å². The first-order valence-electron chi connectivity index (χ1n) is 4.88. The van der Waals surface area contributed by atoms with Crippen molar-refractivity contribution < 1.29 is 9.53 Å². The lowest BCUT2D eigenvalue weighted by atomic mass is 9.97. The van der Waals surface area contributed by atoms with Gasteiger partial charge in [-0.25, -0.2) is 0 Å². The zero-order valence-corrected chi connectivity index (χ0v) is 8.81. The van der Waals surface area contributed by atoms with Crippen molar-refractivity contribution in [1.29, 1.82) is 0 Å². The van der Waals surface area contributed by atoms with E-state index >= 15 is 0 Å². The molecule has 0 bridgehead atoms. The SMILES string of the molecule is COc1ccc(N2C(=O)[C@H](N)[C@@H]2C)cc1. The summed E-state index contributed by atoms with van der Waals surface area (Å²) in [5.41, 5.74) is 6.50. The lowest BCUT2D eigenvalue weighted by molar-refractivity contribution is -0.125. The van der Waals surface area contributed by atoms with Gasteiger partial charge in [-0.05, 0) is 31.2 Å². The van der Waals surface area contributed by atoms with E-state index in [4.69, 9.17) is 10.5 Å². The normalized spacial score (nSPS) is 25.0. The number of nitrogens with zero attached hydrogens (tertiary/aromatic N) is 1. The van der Waals surface area contributed by atoms with Gasteiger partial charge in [-0.15, -0.1) is 0 Å². The van der Waals surface area contributed by atoms with E-state index in [1.54, 1.807) is 12.0 Å². The van der Waals surface area contributed by atoms with Gasteiger partial charge in [0.15, 0.2) is 0 Å². The molecule has 0 aliphatic carbocycles. The van der Waals surface area contributed by atoms with Crippen LogP contribution in [0.5, 0.6) is 5.75 Å². The van der Waals surface area contributed by atoms with Crippen LogP contribution in [-0.4, -0.2) is 25.1 Å². The van der Waals surface area contributed by atoms with Crippen molar-refractivity contribution in [3.63, 3.8) is 0 Å². The van der Waals surface area contributed by atoms with Crippen LogP contribution in [0.3, 0.4) is 0 Å². The third-order valence-electron chi connectivity index (χ3n) is 2.80. The Kier molecular flexibility index (Phi) is 2.36. The van der Waals surface area contributed by atoms with E-state index in [1.165, 1.54) is 0 Å². The van der Waals surface area contributed by atoms with E-state index in [-0.39, 0.29) is 18.0 Å². The number of anilines is 1. The fourth-order valence-electron chi connectivity index (χ4n) is 1.75. The second kappa shape index (κ2) is 3.55. The number of ether oxygens (including phenoxy) is 1. The molecule has 2 atom stereocenters. The van der Waals surface area contributed by atoms with Crippen LogP contribution in [-0.2, 0) is 4.79 Å². The molecule has 1 amide bonds. The van der Waals surface area contributed by atoms with Gasteiger partial charge in [0.05, 0.1) is 13.2 Å². The van der Waals surface area contributed by atoms with Crippen LogP contribution in [0, 0.1) is 0 Å². The Morgan fingerprint density at radius 1 is 1.33 bits per heavy atom. The average Bonchev–Trinajstić information content (AvgIpc) is 2.30. The first kappa shape index (κ1) is 9.98. The molecule has 80 valence electrons. The summed E-state index contributed by atoms with van der Waals surface area (Å²) in [6, 6.07) is 7.11. The Hall–Kier alpha value is -1.55. The quantitative estimate of drug-likeness (QED) is 0.727. The summed E-state index contributed by atoms with van der Waals surface area (Å²) >= 11 is 0. The molecule has 4 nitrogen and oxygen atoms in total. The van der Waals surface area contributed by atoms with Crippen molar-refractivity contribution in [2.24, 2.45) is 5.73 Å². The van der Waals surface area contributed by atoms with E-state index in [0.29, 0.717) is 0 Å². The molecule has 0 unspecified atom stereocenters. The smallest absolute Gasteiger partial charge is 0.246 e. The van der Waals surface area contributed by atoms with Crippen molar-refractivity contribution >= 4 is 11.6 Å². The van der Waals surface area contributed by atoms with Gasteiger partial charge in [0.1, 0.15) is 11.8 Å². The topological polar surface area (TPSA) is 55.6 Å². The molecule has 1 heterocycles. The average molecular weight is 206 g/mol. The van der Waals surface area contributed by atoms with Crippen LogP contribution in [0.1, 0.15) is 6.92 Å². The van der Waals surface area contributed by atoms with Crippen LogP contribution >= 0.6 is 0 Å². The highest BCUT2D eigenvalue weighted by Gasteiger charge is 2.42. The van der Waals surface area contributed by atoms with Gasteiger partial charge in [0.25, 0.3) is 0 Å². The van der Waals surface area contributed by atoms with Crippen molar-refractivity contribution in [2.45, 2.75) is 19.0 Å². The van der Waals surface area contributed by atoms with Crippen LogP contribution in [0.4, 0.5) is 5.69 Å². The molecular formula is C11H14N2O2. The Morgan fingerprint density at radius 3 is 2.40 bits per heavy atom. The molecule has 1 aliphatic rings. The minimum Gasteiger partial charge on any atom is -0.497 e. The Balaban J connectivity index is 2.20.